The number of methoxy groups -OCH3 is 2. The van der Waals surface area contributed by atoms with Gasteiger partial charge in [-0.05, 0) is 41.4 Å². The second kappa shape index (κ2) is 11.2. The monoisotopic (exact) mass is 503 g/mol. The van der Waals surface area contributed by atoms with Gasteiger partial charge in [-0.15, -0.1) is 12.4 Å². The van der Waals surface area contributed by atoms with E-state index in [1.165, 1.54) is 0 Å². The van der Waals surface area contributed by atoms with Crippen LogP contribution < -0.4 is 20.5 Å². The second-order valence-electron chi connectivity index (χ2n) is 7.09. The van der Waals surface area contributed by atoms with Crippen molar-refractivity contribution in [2.45, 2.75) is 13.0 Å². The van der Waals surface area contributed by atoms with Crippen molar-refractivity contribution in [2.75, 3.05) is 32.7 Å². The minimum Gasteiger partial charge on any atom is -0.493 e. The van der Waals surface area contributed by atoms with E-state index in [0.29, 0.717) is 35.2 Å². The lowest BCUT2D eigenvalue weighted by Gasteiger charge is -2.19. The third-order valence-corrected chi connectivity index (χ3v) is 5.87. The number of carbonyl (C=O) groups is 1. The number of rotatable bonds is 9. The SMILES string of the molecule is CCOC(=O)c1ccc(-n2cnc3cc(OC)c(OC)cc32)nc1NC(CN)c1ccsc1.Cl. The van der Waals surface area contributed by atoms with Gasteiger partial charge in [0.2, 0.25) is 0 Å². The lowest BCUT2D eigenvalue weighted by atomic mass is 10.1. The smallest absolute Gasteiger partial charge is 0.341 e. The van der Waals surface area contributed by atoms with Crippen molar-refractivity contribution in [2.24, 2.45) is 5.73 Å². The number of nitrogens with zero attached hydrogens (tertiary/aromatic N) is 3. The summed E-state index contributed by atoms with van der Waals surface area (Å²) in [5.74, 6) is 1.66. The van der Waals surface area contributed by atoms with Crippen LogP contribution in [0, 0.1) is 0 Å². The first-order valence-corrected chi connectivity index (χ1v) is 11.3. The Balaban J connectivity index is 0.00000324. The predicted molar refractivity (Wildman–Crippen MR) is 135 cm³/mol. The average Bonchev–Trinajstić information content (AvgIpc) is 3.51. The van der Waals surface area contributed by atoms with Gasteiger partial charge in [0, 0.05) is 18.7 Å². The summed E-state index contributed by atoms with van der Waals surface area (Å²) in [6, 6.07) is 8.86. The number of imidazole rings is 1. The van der Waals surface area contributed by atoms with Crippen LogP contribution in [0.15, 0.2) is 47.4 Å². The first kappa shape index (κ1) is 25.3. The molecule has 0 bridgehead atoms. The van der Waals surface area contributed by atoms with Crippen LogP contribution in [0.1, 0.15) is 28.9 Å². The number of ether oxygens (including phenoxy) is 3. The van der Waals surface area contributed by atoms with Gasteiger partial charge in [-0.3, -0.25) is 4.57 Å². The van der Waals surface area contributed by atoms with E-state index in [4.69, 9.17) is 24.9 Å². The first-order chi connectivity index (χ1) is 16.1. The number of nitrogens with one attached hydrogen (secondary N) is 1. The van der Waals surface area contributed by atoms with Crippen molar-refractivity contribution in [1.29, 1.82) is 0 Å². The number of halogens is 1. The molecule has 1 aromatic carbocycles. The fraction of sp³-hybridized carbons (Fsp3) is 0.261. The van der Waals surface area contributed by atoms with Gasteiger partial charge in [0.15, 0.2) is 11.5 Å². The number of benzene rings is 1. The molecule has 34 heavy (non-hydrogen) atoms. The number of nitrogens with two attached hydrogens (primary N) is 1. The van der Waals surface area contributed by atoms with Crippen LogP contribution in [-0.4, -0.2) is 47.9 Å². The maximum atomic E-state index is 12.6. The van der Waals surface area contributed by atoms with Crippen molar-refractivity contribution in [3.05, 3.63) is 58.5 Å². The zero-order valence-electron chi connectivity index (χ0n) is 19.0. The van der Waals surface area contributed by atoms with Crippen LogP contribution in [0.25, 0.3) is 16.9 Å². The number of pyridine rings is 1. The molecule has 3 aromatic heterocycles. The van der Waals surface area contributed by atoms with Crippen molar-refractivity contribution in [1.82, 2.24) is 14.5 Å². The average molecular weight is 504 g/mol. The second-order valence-corrected chi connectivity index (χ2v) is 7.87. The van der Waals surface area contributed by atoms with Gasteiger partial charge < -0.3 is 25.3 Å². The summed E-state index contributed by atoms with van der Waals surface area (Å²) in [6.45, 7) is 2.36. The molecule has 0 saturated heterocycles. The molecule has 0 spiro atoms. The fourth-order valence-electron chi connectivity index (χ4n) is 3.50. The number of carbonyl (C=O) groups excluding carboxylic acids is 1. The Morgan fingerprint density at radius 2 is 1.97 bits per heavy atom. The minimum atomic E-state index is -0.456. The summed E-state index contributed by atoms with van der Waals surface area (Å²) in [4.78, 5) is 21.8. The highest BCUT2D eigenvalue weighted by Gasteiger charge is 2.20. The molecular weight excluding hydrogens is 478 g/mol. The molecule has 0 radical (unpaired) electrons. The molecule has 0 amide bonds. The van der Waals surface area contributed by atoms with Crippen LogP contribution in [0.2, 0.25) is 0 Å². The molecule has 1 atom stereocenters. The van der Waals surface area contributed by atoms with Crippen LogP contribution in [0.4, 0.5) is 5.82 Å². The Labute approximate surface area is 207 Å². The molecule has 0 aliphatic carbocycles. The van der Waals surface area contributed by atoms with E-state index in [2.05, 4.69) is 10.3 Å². The zero-order chi connectivity index (χ0) is 23.4. The maximum absolute atomic E-state index is 12.6. The highest BCUT2D eigenvalue weighted by Crippen LogP contribution is 2.33. The topological polar surface area (TPSA) is 114 Å². The molecule has 3 N–H and O–H groups in total. The summed E-state index contributed by atoms with van der Waals surface area (Å²) < 4.78 is 17.9. The quantitative estimate of drug-likeness (QED) is 0.326. The van der Waals surface area contributed by atoms with E-state index in [1.54, 1.807) is 57.0 Å². The highest BCUT2D eigenvalue weighted by molar-refractivity contribution is 7.08. The Morgan fingerprint density at radius 1 is 1.21 bits per heavy atom. The molecule has 11 heteroatoms. The van der Waals surface area contributed by atoms with Gasteiger partial charge in [-0.2, -0.15) is 11.3 Å². The molecule has 180 valence electrons. The Kier molecular flexibility index (Phi) is 8.32. The highest BCUT2D eigenvalue weighted by atomic mass is 35.5. The van der Waals surface area contributed by atoms with Crippen LogP contribution in [0.3, 0.4) is 0 Å². The molecule has 0 saturated carbocycles. The zero-order valence-corrected chi connectivity index (χ0v) is 20.6. The minimum absolute atomic E-state index is 0. The molecule has 1 unspecified atom stereocenters. The molecular formula is C23H26ClN5O4S. The summed E-state index contributed by atoms with van der Waals surface area (Å²) in [6.07, 6.45) is 1.67. The van der Waals surface area contributed by atoms with Gasteiger partial charge in [-0.1, -0.05) is 0 Å². The van der Waals surface area contributed by atoms with Gasteiger partial charge >= 0.3 is 5.97 Å². The third-order valence-electron chi connectivity index (χ3n) is 5.17. The van der Waals surface area contributed by atoms with E-state index >= 15 is 0 Å². The first-order valence-electron chi connectivity index (χ1n) is 10.4. The number of thiophene rings is 1. The number of aromatic nitrogens is 3. The third kappa shape index (κ3) is 4.93. The number of hydrogen-bond acceptors (Lipinski definition) is 9. The molecule has 4 aromatic rings. The van der Waals surface area contributed by atoms with Gasteiger partial charge in [-0.25, -0.2) is 14.8 Å². The summed E-state index contributed by atoms with van der Waals surface area (Å²) in [5.41, 5.74) is 8.87. The van der Waals surface area contributed by atoms with E-state index in [-0.39, 0.29) is 25.1 Å². The summed E-state index contributed by atoms with van der Waals surface area (Å²) >= 11 is 1.58. The van der Waals surface area contributed by atoms with Crippen LogP contribution in [0.5, 0.6) is 11.5 Å². The van der Waals surface area contributed by atoms with Crippen molar-refractivity contribution < 1.29 is 19.0 Å². The normalized spacial score (nSPS) is 11.5. The largest absolute Gasteiger partial charge is 0.493 e. The van der Waals surface area contributed by atoms with Crippen molar-refractivity contribution in [3.63, 3.8) is 0 Å². The number of esters is 1. The van der Waals surface area contributed by atoms with Crippen molar-refractivity contribution in [3.8, 4) is 17.3 Å². The van der Waals surface area contributed by atoms with E-state index < -0.39 is 5.97 Å². The van der Waals surface area contributed by atoms with Crippen LogP contribution in [-0.2, 0) is 4.74 Å². The maximum Gasteiger partial charge on any atom is 0.341 e. The van der Waals surface area contributed by atoms with Gasteiger partial charge in [0.25, 0.3) is 0 Å². The molecule has 3 heterocycles. The lowest BCUT2D eigenvalue weighted by Crippen LogP contribution is -2.22. The molecule has 0 aliphatic heterocycles. The Morgan fingerprint density at radius 3 is 2.62 bits per heavy atom. The van der Waals surface area contributed by atoms with E-state index in [9.17, 15) is 4.79 Å². The van der Waals surface area contributed by atoms with Gasteiger partial charge in [0.05, 0.1) is 37.9 Å². The molecule has 0 aliphatic rings. The Bertz CT molecular complexity index is 1260. The molecule has 9 nitrogen and oxygen atoms in total. The van der Waals surface area contributed by atoms with Crippen LogP contribution >= 0.6 is 23.7 Å². The number of anilines is 1. The van der Waals surface area contributed by atoms with Crippen molar-refractivity contribution >= 4 is 46.6 Å². The number of fused-ring (bicyclic) bond motifs is 1. The predicted octanol–water partition coefficient (Wildman–Crippen LogP) is 4.21. The Hall–Kier alpha value is -3.34. The summed E-state index contributed by atoms with van der Waals surface area (Å²) in [5, 5.41) is 7.32. The fourth-order valence-corrected chi connectivity index (χ4v) is 4.22. The molecule has 4 rings (SSSR count). The lowest BCUT2D eigenvalue weighted by molar-refractivity contribution is 0.0527. The number of hydrogen-bond donors (Lipinski definition) is 2. The van der Waals surface area contributed by atoms with E-state index in [1.807, 2.05) is 27.5 Å². The summed E-state index contributed by atoms with van der Waals surface area (Å²) in [7, 11) is 3.16. The standard InChI is InChI=1S/C23H25N5O4S.ClH/c1-4-32-23(29)15-5-6-21(27-22(15)26-17(11-24)14-7-8-33-12-14)28-13-25-16-9-19(30-2)20(31-3)10-18(16)28;/h5-10,12-13,17H,4,11,24H2,1-3H3,(H,26,27);1H. The molecule has 0 fully saturated rings. The van der Waals surface area contributed by atoms with Gasteiger partial charge in [0.1, 0.15) is 23.5 Å². The van der Waals surface area contributed by atoms with E-state index in [0.717, 1.165) is 16.6 Å².